The first-order valence-electron chi connectivity index (χ1n) is 10.8. The van der Waals surface area contributed by atoms with Gasteiger partial charge < -0.3 is 19.4 Å². The Bertz CT molecular complexity index is 1060. The fraction of sp³-hybridized carbons (Fsp3) is 0.333. The molecule has 1 fully saturated rings. The van der Waals surface area contributed by atoms with E-state index in [1.54, 1.807) is 36.7 Å². The van der Waals surface area contributed by atoms with Crippen LogP contribution >= 0.6 is 0 Å². The smallest absolute Gasteiger partial charge is 0.277 e. The van der Waals surface area contributed by atoms with Crippen LogP contribution in [0.3, 0.4) is 0 Å². The van der Waals surface area contributed by atoms with E-state index < -0.39 is 11.9 Å². The minimum absolute atomic E-state index is 0.113. The van der Waals surface area contributed by atoms with Crippen LogP contribution in [-0.4, -0.2) is 52.5 Å². The van der Waals surface area contributed by atoms with Gasteiger partial charge in [0.1, 0.15) is 18.1 Å². The van der Waals surface area contributed by atoms with Crippen LogP contribution in [0.15, 0.2) is 65.9 Å². The van der Waals surface area contributed by atoms with Gasteiger partial charge in [-0.25, -0.2) is 9.37 Å². The van der Waals surface area contributed by atoms with E-state index in [9.17, 15) is 14.0 Å². The number of oxazole rings is 1. The molecular formula is C24H25FN4O4. The largest absolute Gasteiger partial charge is 0.451 e. The average molecular weight is 452 g/mol. The van der Waals surface area contributed by atoms with Gasteiger partial charge in [-0.05, 0) is 43.0 Å². The molecule has 4 rings (SSSR count). The van der Waals surface area contributed by atoms with Gasteiger partial charge in [-0.3, -0.25) is 14.6 Å². The van der Waals surface area contributed by atoms with Crippen molar-refractivity contribution < 1.29 is 23.1 Å². The van der Waals surface area contributed by atoms with Crippen molar-refractivity contribution in [3.63, 3.8) is 0 Å². The molecule has 1 N–H and O–H groups in total. The van der Waals surface area contributed by atoms with Crippen LogP contribution in [0.4, 0.5) is 4.39 Å². The van der Waals surface area contributed by atoms with Crippen LogP contribution in [-0.2, 0) is 16.0 Å². The Morgan fingerprint density at radius 1 is 1.27 bits per heavy atom. The summed E-state index contributed by atoms with van der Waals surface area (Å²) < 4.78 is 24.1. The zero-order chi connectivity index (χ0) is 23.0. The van der Waals surface area contributed by atoms with E-state index in [2.05, 4.69) is 15.3 Å². The highest BCUT2D eigenvalue weighted by molar-refractivity contribution is 5.96. The van der Waals surface area contributed by atoms with Gasteiger partial charge in [-0.2, -0.15) is 0 Å². The number of ether oxygens (including phenoxy) is 1. The fourth-order valence-corrected chi connectivity index (χ4v) is 3.98. The van der Waals surface area contributed by atoms with Gasteiger partial charge in [0, 0.05) is 31.1 Å². The van der Waals surface area contributed by atoms with Gasteiger partial charge in [0.15, 0.2) is 12.1 Å². The summed E-state index contributed by atoms with van der Waals surface area (Å²) in [5.74, 6) is -1.11. The Hall–Kier alpha value is -3.59. The molecule has 0 aliphatic carbocycles. The van der Waals surface area contributed by atoms with Gasteiger partial charge in [-0.1, -0.05) is 18.2 Å². The van der Waals surface area contributed by atoms with E-state index in [0.717, 1.165) is 12.0 Å². The Morgan fingerprint density at radius 3 is 2.88 bits per heavy atom. The maximum atomic E-state index is 13.5. The van der Waals surface area contributed by atoms with Crippen molar-refractivity contribution in [2.24, 2.45) is 0 Å². The van der Waals surface area contributed by atoms with Crippen molar-refractivity contribution in [1.82, 2.24) is 20.2 Å². The number of aromatic nitrogens is 2. The van der Waals surface area contributed by atoms with Crippen LogP contribution in [0.5, 0.6) is 0 Å². The lowest BCUT2D eigenvalue weighted by atomic mass is 10.00. The second kappa shape index (κ2) is 10.8. The molecule has 3 heterocycles. The lowest BCUT2D eigenvalue weighted by Gasteiger charge is -2.38. The SMILES string of the molecule is O=C(NCCc1cccc(F)c1)C(c1cccnc1)N(C(=O)c1cocn1)C1CCCOC1. The van der Waals surface area contributed by atoms with Crippen LogP contribution in [0, 0.1) is 5.82 Å². The summed E-state index contributed by atoms with van der Waals surface area (Å²) in [6, 6.07) is 8.46. The summed E-state index contributed by atoms with van der Waals surface area (Å²) in [7, 11) is 0. The number of rotatable bonds is 8. The number of carbonyl (C=O) groups excluding carboxylic acids is 2. The quantitative estimate of drug-likeness (QED) is 0.564. The molecule has 2 aromatic heterocycles. The van der Waals surface area contributed by atoms with Crippen molar-refractivity contribution in [3.8, 4) is 0 Å². The van der Waals surface area contributed by atoms with Gasteiger partial charge in [0.2, 0.25) is 5.91 Å². The van der Waals surface area contributed by atoms with E-state index in [4.69, 9.17) is 9.15 Å². The van der Waals surface area contributed by atoms with Crippen LogP contribution in [0.2, 0.25) is 0 Å². The Labute approximate surface area is 190 Å². The van der Waals surface area contributed by atoms with Gasteiger partial charge >= 0.3 is 0 Å². The standard InChI is InChI=1S/C24H25FN4O4/c25-19-6-1-4-17(12-19)8-10-27-23(30)22(18-5-2-9-26-13-18)29(20-7-3-11-32-14-20)24(31)21-15-33-16-28-21/h1-2,4-6,9,12-13,15-16,20,22H,3,7-8,10-11,14H2,(H,27,30). The zero-order valence-electron chi connectivity index (χ0n) is 18.0. The van der Waals surface area contributed by atoms with Gasteiger partial charge in [-0.15, -0.1) is 0 Å². The molecule has 1 aliphatic heterocycles. The first-order chi connectivity index (χ1) is 16.1. The number of hydrogen-bond acceptors (Lipinski definition) is 6. The van der Waals surface area contributed by atoms with E-state index in [0.29, 0.717) is 31.6 Å². The molecule has 172 valence electrons. The predicted octanol–water partition coefficient (Wildman–Crippen LogP) is 2.93. The molecule has 33 heavy (non-hydrogen) atoms. The molecule has 0 radical (unpaired) electrons. The normalized spacial score (nSPS) is 16.7. The Morgan fingerprint density at radius 2 is 2.18 bits per heavy atom. The number of halogens is 1. The summed E-state index contributed by atoms with van der Waals surface area (Å²) in [4.78, 5) is 36.6. The third-order valence-corrected chi connectivity index (χ3v) is 5.54. The number of amides is 2. The first kappa shape index (κ1) is 22.6. The monoisotopic (exact) mass is 452 g/mol. The number of hydrogen-bond donors (Lipinski definition) is 1. The van der Waals surface area contributed by atoms with Crippen LogP contribution < -0.4 is 5.32 Å². The highest BCUT2D eigenvalue weighted by Crippen LogP contribution is 2.28. The topological polar surface area (TPSA) is 97.6 Å². The predicted molar refractivity (Wildman–Crippen MR) is 117 cm³/mol. The summed E-state index contributed by atoms with van der Waals surface area (Å²) >= 11 is 0. The minimum Gasteiger partial charge on any atom is -0.451 e. The van der Waals surface area contributed by atoms with Crippen molar-refractivity contribution in [2.75, 3.05) is 19.8 Å². The number of carbonyl (C=O) groups is 2. The average Bonchev–Trinajstić information content (AvgIpc) is 3.38. The minimum atomic E-state index is -0.942. The Balaban J connectivity index is 1.60. The second-order valence-corrected chi connectivity index (χ2v) is 7.82. The molecule has 0 spiro atoms. The maximum absolute atomic E-state index is 13.5. The first-order valence-corrected chi connectivity index (χ1v) is 10.8. The number of nitrogens with one attached hydrogen (secondary N) is 1. The molecule has 1 aliphatic rings. The number of pyridine rings is 1. The van der Waals surface area contributed by atoms with Crippen molar-refractivity contribution >= 4 is 11.8 Å². The van der Waals surface area contributed by atoms with E-state index in [1.807, 2.05) is 0 Å². The maximum Gasteiger partial charge on any atom is 0.277 e. The van der Waals surface area contributed by atoms with Crippen LogP contribution in [0.25, 0.3) is 0 Å². The van der Waals surface area contributed by atoms with E-state index >= 15 is 0 Å². The molecule has 3 aromatic rings. The van der Waals surface area contributed by atoms with E-state index in [-0.39, 0.29) is 30.0 Å². The highest BCUT2D eigenvalue weighted by Gasteiger charge is 2.38. The fourth-order valence-electron chi connectivity index (χ4n) is 3.98. The summed E-state index contributed by atoms with van der Waals surface area (Å²) in [6.07, 6.45) is 7.54. The molecule has 8 nitrogen and oxygen atoms in total. The number of nitrogens with zero attached hydrogens (tertiary/aromatic N) is 3. The summed E-state index contributed by atoms with van der Waals surface area (Å²) in [5.41, 5.74) is 1.45. The third-order valence-electron chi connectivity index (χ3n) is 5.54. The van der Waals surface area contributed by atoms with E-state index in [1.165, 1.54) is 29.7 Å². The molecule has 0 saturated carbocycles. The molecule has 9 heteroatoms. The lowest BCUT2D eigenvalue weighted by molar-refractivity contribution is -0.127. The lowest BCUT2D eigenvalue weighted by Crippen LogP contribution is -2.51. The number of benzene rings is 1. The molecule has 2 amide bonds. The second-order valence-electron chi connectivity index (χ2n) is 7.82. The van der Waals surface area contributed by atoms with Crippen molar-refractivity contribution in [2.45, 2.75) is 31.3 Å². The molecule has 2 unspecified atom stereocenters. The molecule has 1 saturated heterocycles. The van der Waals surface area contributed by atoms with Crippen LogP contribution in [0.1, 0.15) is 40.5 Å². The Kier molecular flexibility index (Phi) is 7.41. The van der Waals surface area contributed by atoms with Crippen molar-refractivity contribution in [3.05, 3.63) is 84.1 Å². The molecular weight excluding hydrogens is 427 g/mol. The highest BCUT2D eigenvalue weighted by atomic mass is 19.1. The van der Waals surface area contributed by atoms with Gasteiger partial charge in [0.25, 0.3) is 5.91 Å². The molecule has 2 atom stereocenters. The summed E-state index contributed by atoms with van der Waals surface area (Å²) in [5, 5.41) is 2.90. The zero-order valence-corrected chi connectivity index (χ0v) is 18.0. The molecule has 0 bridgehead atoms. The van der Waals surface area contributed by atoms with Crippen molar-refractivity contribution in [1.29, 1.82) is 0 Å². The molecule has 1 aromatic carbocycles. The van der Waals surface area contributed by atoms with Gasteiger partial charge in [0.05, 0.1) is 12.6 Å². The summed E-state index contributed by atoms with van der Waals surface area (Å²) in [6.45, 7) is 1.21. The third kappa shape index (κ3) is 5.61.